The van der Waals surface area contributed by atoms with E-state index in [4.69, 9.17) is 32.7 Å². The summed E-state index contributed by atoms with van der Waals surface area (Å²) in [4.78, 5) is 17.2. The van der Waals surface area contributed by atoms with E-state index in [1.807, 2.05) is 29.9 Å². The van der Waals surface area contributed by atoms with E-state index in [1.165, 1.54) is 0 Å². The van der Waals surface area contributed by atoms with Gasteiger partial charge in [0.1, 0.15) is 23.4 Å². The van der Waals surface area contributed by atoms with E-state index in [9.17, 15) is 4.79 Å². The molecular formula is C21H21Cl2N3O3. The third kappa shape index (κ3) is 5.02. The zero-order valence-electron chi connectivity index (χ0n) is 16.3. The fraction of sp³-hybridized carbons (Fsp3) is 0.238. The lowest BCUT2D eigenvalue weighted by Crippen LogP contribution is -2.32. The second-order valence-corrected chi connectivity index (χ2v) is 7.28. The Labute approximate surface area is 179 Å². The summed E-state index contributed by atoms with van der Waals surface area (Å²) in [6, 6.07) is 10.1. The number of nitrogens with zero attached hydrogens (tertiary/aromatic N) is 2. The largest absolute Gasteiger partial charge is 0.497 e. The molecule has 1 atom stereocenters. The number of benzene rings is 2. The standard InChI is InChI=1S/C21H21Cl2N3O3/c1-26-7-6-24-21(26)20(14-10-15(28-2)12-16(11-14)29-3)25-19(27)9-13-4-5-17(22)18(23)8-13/h4-8,10-12,20H,9H2,1-3H3,(H,25,27)/t20-/m1/s1. The Balaban J connectivity index is 1.91. The fourth-order valence-corrected chi connectivity index (χ4v) is 3.32. The molecule has 0 saturated carbocycles. The second kappa shape index (κ2) is 9.20. The molecule has 29 heavy (non-hydrogen) atoms. The highest BCUT2D eigenvalue weighted by molar-refractivity contribution is 6.42. The zero-order chi connectivity index (χ0) is 21.0. The SMILES string of the molecule is COc1cc(OC)cc([C@@H](NC(=O)Cc2ccc(Cl)c(Cl)c2)c2nccn2C)c1. The number of imidazole rings is 1. The lowest BCUT2D eigenvalue weighted by Gasteiger charge is -2.20. The van der Waals surface area contributed by atoms with Gasteiger partial charge in [-0.05, 0) is 35.4 Å². The molecule has 0 aliphatic rings. The van der Waals surface area contributed by atoms with Crippen molar-refractivity contribution in [2.75, 3.05) is 14.2 Å². The van der Waals surface area contributed by atoms with Crippen LogP contribution in [0.3, 0.4) is 0 Å². The predicted octanol–water partition coefficient (Wildman–Crippen LogP) is 4.19. The van der Waals surface area contributed by atoms with E-state index in [0.717, 1.165) is 11.1 Å². The summed E-state index contributed by atoms with van der Waals surface area (Å²) in [7, 11) is 5.03. The van der Waals surface area contributed by atoms with Gasteiger partial charge in [0.2, 0.25) is 5.91 Å². The Morgan fingerprint density at radius 2 is 1.79 bits per heavy atom. The molecule has 1 aromatic heterocycles. The first-order valence-electron chi connectivity index (χ1n) is 8.84. The molecule has 6 nitrogen and oxygen atoms in total. The molecule has 3 rings (SSSR count). The number of hydrogen-bond donors (Lipinski definition) is 1. The number of halogens is 2. The van der Waals surface area contributed by atoms with Gasteiger partial charge in [0.05, 0.1) is 30.7 Å². The molecule has 0 bridgehead atoms. The summed E-state index contributed by atoms with van der Waals surface area (Å²) in [5.41, 5.74) is 1.55. The maximum Gasteiger partial charge on any atom is 0.225 e. The molecule has 8 heteroatoms. The average Bonchev–Trinajstić information content (AvgIpc) is 3.14. The quantitative estimate of drug-likeness (QED) is 0.606. The third-order valence-electron chi connectivity index (χ3n) is 4.48. The van der Waals surface area contributed by atoms with Crippen molar-refractivity contribution in [3.63, 3.8) is 0 Å². The Kier molecular flexibility index (Phi) is 6.67. The van der Waals surface area contributed by atoms with Crippen molar-refractivity contribution in [3.8, 4) is 11.5 Å². The molecule has 0 aliphatic carbocycles. The van der Waals surface area contributed by atoms with Crippen molar-refractivity contribution < 1.29 is 14.3 Å². The zero-order valence-corrected chi connectivity index (χ0v) is 17.8. The smallest absolute Gasteiger partial charge is 0.225 e. The molecule has 0 aliphatic heterocycles. The van der Waals surface area contributed by atoms with Crippen LogP contribution in [-0.4, -0.2) is 29.7 Å². The van der Waals surface area contributed by atoms with Crippen molar-refractivity contribution >= 4 is 29.1 Å². The number of carbonyl (C=O) groups is 1. The number of nitrogens with one attached hydrogen (secondary N) is 1. The molecule has 1 heterocycles. The van der Waals surface area contributed by atoms with E-state index >= 15 is 0 Å². The number of aryl methyl sites for hydroxylation is 1. The van der Waals surface area contributed by atoms with Gasteiger partial charge in [-0.25, -0.2) is 4.98 Å². The highest BCUT2D eigenvalue weighted by Crippen LogP contribution is 2.30. The molecule has 1 amide bonds. The molecule has 1 N–H and O–H groups in total. The van der Waals surface area contributed by atoms with E-state index in [-0.39, 0.29) is 12.3 Å². The summed E-state index contributed by atoms with van der Waals surface area (Å²) >= 11 is 12.0. The summed E-state index contributed by atoms with van der Waals surface area (Å²) in [6.45, 7) is 0. The van der Waals surface area contributed by atoms with Crippen molar-refractivity contribution in [3.05, 3.63) is 75.8 Å². The van der Waals surface area contributed by atoms with E-state index in [2.05, 4.69) is 10.3 Å². The third-order valence-corrected chi connectivity index (χ3v) is 5.22. The number of hydrogen-bond acceptors (Lipinski definition) is 4. The summed E-state index contributed by atoms with van der Waals surface area (Å²) < 4.78 is 12.6. The van der Waals surface area contributed by atoms with Gasteiger partial charge in [0.25, 0.3) is 0 Å². The minimum atomic E-state index is -0.491. The molecule has 0 spiro atoms. The van der Waals surface area contributed by atoms with Crippen LogP contribution in [0.25, 0.3) is 0 Å². The molecule has 152 valence electrons. The van der Waals surface area contributed by atoms with Gasteiger partial charge in [0, 0.05) is 25.5 Å². The first-order chi connectivity index (χ1) is 13.9. The molecule has 0 fully saturated rings. The van der Waals surface area contributed by atoms with Crippen LogP contribution >= 0.6 is 23.2 Å². The lowest BCUT2D eigenvalue weighted by molar-refractivity contribution is -0.121. The lowest BCUT2D eigenvalue weighted by atomic mass is 10.0. The first kappa shape index (κ1) is 21.0. The number of rotatable bonds is 7. The van der Waals surface area contributed by atoms with Gasteiger partial charge in [-0.1, -0.05) is 29.3 Å². The average molecular weight is 434 g/mol. The maximum atomic E-state index is 12.8. The molecular weight excluding hydrogens is 413 g/mol. The minimum Gasteiger partial charge on any atom is -0.497 e. The Bertz CT molecular complexity index is 998. The molecule has 0 unspecified atom stereocenters. The summed E-state index contributed by atoms with van der Waals surface area (Å²) in [5.74, 6) is 1.75. The Morgan fingerprint density at radius 3 is 2.34 bits per heavy atom. The van der Waals surface area contributed by atoms with E-state index in [0.29, 0.717) is 27.4 Å². The van der Waals surface area contributed by atoms with Crippen molar-refractivity contribution in [2.24, 2.45) is 7.05 Å². The van der Waals surface area contributed by atoms with Gasteiger partial charge >= 0.3 is 0 Å². The van der Waals surface area contributed by atoms with Crippen LogP contribution in [0.2, 0.25) is 10.0 Å². The van der Waals surface area contributed by atoms with Crippen molar-refractivity contribution in [2.45, 2.75) is 12.5 Å². The van der Waals surface area contributed by atoms with Crippen molar-refractivity contribution in [1.82, 2.24) is 14.9 Å². The van der Waals surface area contributed by atoms with Gasteiger partial charge in [0.15, 0.2) is 0 Å². The van der Waals surface area contributed by atoms with Crippen LogP contribution in [0.5, 0.6) is 11.5 Å². The van der Waals surface area contributed by atoms with Crippen LogP contribution in [0.15, 0.2) is 48.8 Å². The number of ether oxygens (including phenoxy) is 2. The first-order valence-corrected chi connectivity index (χ1v) is 9.60. The second-order valence-electron chi connectivity index (χ2n) is 6.47. The molecule has 3 aromatic rings. The van der Waals surface area contributed by atoms with Crippen LogP contribution < -0.4 is 14.8 Å². The van der Waals surface area contributed by atoms with Crippen LogP contribution in [0, 0.1) is 0 Å². The Morgan fingerprint density at radius 1 is 1.10 bits per heavy atom. The maximum absolute atomic E-state index is 12.8. The normalized spacial score (nSPS) is 11.8. The molecule has 2 aromatic carbocycles. The molecule has 0 radical (unpaired) electrons. The highest BCUT2D eigenvalue weighted by Gasteiger charge is 2.22. The Hall–Kier alpha value is -2.70. The monoisotopic (exact) mass is 433 g/mol. The van der Waals surface area contributed by atoms with Crippen LogP contribution in [0.4, 0.5) is 0 Å². The van der Waals surface area contributed by atoms with Crippen molar-refractivity contribution in [1.29, 1.82) is 0 Å². The summed E-state index contributed by atoms with van der Waals surface area (Å²) in [5, 5.41) is 3.91. The predicted molar refractivity (Wildman–Crippen MR) is 113 cm³/mol. The number of methoxy groups -OCH3 is 2. The van der Waals surface area contributed by atoms with Gasteiger partial charge in [-0.3, -0.25) is 4.79 Å². The van der Waals surface area contributed by atoms with Crippen LogP contribution in [0.1, 0.15) is 23.0 Å². The van der Waals surface area contributed by atoms with Gasteiger partial charge < -0.3 is 19.4 Å². The topological polar surface area (TPSA) is 65.4 Å². The van der Waals surface area contributed by atoms with Gasteiger partial charge in [-0.15, -0.1) is 0 Å². The van der Waals surface area contributed by atoms with Gasteiger partial charge in [-0.2, -0.15) is 0 Å². The van der Waals surface area contributed by atoms with Crippen LogP contribution in [-0.2, 0) is 18.3 Å². The highest BCUT2D eigenvalue weighted by atomic mass is 35.5. The minimum absolute atomic E-state index is 0.152. The number of amides is 1. The van der Waals surface area contributed by atoms with E-state index in [1.54, 1.807) is 44.7 Å². The fourth-order valence-electron chi connectivity index (χ4n) is 3.00. The molecule has 0 saturated heterocycles. The number of carbonyl (C=O) groups excluding carboxylic acids is 1. The van der Waals surface area contributed by atoms with E-state index < -0.39 is 6.04 Å². The number of aromatic nitrogens is 2. The summed E-state index contributed by atoms with van der Waals surface area (Å²) in [6.07, 6.45) is 3.66.